The molecule has 0 radical (unpaired) electrons. The Kier molecular flexibility index (Phi) is 4.83. The predicted molar refractivity (Wildman–Crippen MR) is 59.0 cm³/mol. The highest BCUT2D eigenvalue weighted by atomic mass is 19.2. The summed E-state index contributed by atoms with van der Waals surface area (Å²) in [5, 5.41) is 8.88. The van der Waals surface area contributed by atoms with E-state index in [1.54, 1.807) is 6.07 Å². The van der Waals surface area contributed by atoms with Gasteiger partial charge in [-0.05, 0) is 19.9 Å². The Labute approximate surface area is 94.5 Å². The van der Waals surface area contributed by atoms with Crippen molar-refractivity contribution in [2.75, 3.05) is 13.2 Å². The Morgan fingerprint density at radius 3 is 2.56 bits per heavy atom. The molecule has 1 aromatic rings. The van der Waals surface area contributed by atoms with Crippen LogP contribution in [0.4, 0.5) is 8.78 Å². The van der Waals surface area contributed by atoms with Crippen molar-refractivity contribution in [3.8, 4) is 0 Å². The third-order valence-corrected chi connectivity index (χ3v) is 2.52. The van der Waals surface area contributed by atoms with E-state index >= 15 is 0 Å². The van der Waals surface area contributed by atoms with E-state index in [2.05, 4.69) is 0 Å². The molecule has 0 bridgehead atoms. The lowest BCUT2D eigenvalue weighted by molar-refractivity contribution is 0.157. The maximum Gasteiger partial charge on any atom is 0.163 e. The zero-order valence-electron chi connectivity index (χ0n) is 9.58. The first-order chi connectivity index (χ1) is 7.56. The number of aliphatic hydroxyl groups is 1. The number of nitrogens with zero attached hydrogens (tertiary/aromatic N) is 1. The van der Waals surface area contributed by atoms with Crippen LogP contribution in [-0.4, -0.2) is 29.2 Å². The summed E-state index contributed by atoms with van der Waals surface area (Å²) in [6.45, 7) is 4.67. The topological polar surface area (TPSA) is 23.5 Å². The minimum Gasteiger partial charge on any atom is -0.395 e. The number of hydrogen-bond acceptors (Lipinski definition) is 2. The van der Waals surface area contributed by atoms with Gasteiger partial charge in [-0.1, -0.05) is 12.1 Å². The normalized spacial score (nSPS) is 11.4. The van der Waals surface area contributed by atoms with Crippen molar-refractivity contribution in [1.82, 2.24) is 4.90 Å². The minimum atomic E-state index is -0.829. The number of benzene rings is 1. The average Bonchev–Trinajstić information content (AvgIpc) is 2.23. The summed E-state index contributed by atoms with van der Waals surface area (Å²) in [5.74, 6) is -1.63. The number of rotatable bonds is 5. The van der Waals surface area contributed by atoms with Gasteiger partial charge in [0.25, 0.3) is 0 Å². The molecule has 0 aliphatic heterocycles. The SMILES string of the molecule is CC(C)N(CCO)Cc1cccc(F)c1F. The van der Waals surface area contributed by atoms with Crippen LogP contribution in [0.5, 0.6) is 0 Å². The molecular formula is C12H17F2NO. The molecule has 0 heterocycles. The summed E-state index contributed by atoms with van der Waals surface area (Å²) in [5.41, 5.74) is 0.321. The van der Waals surface area contributed by atoms with E-state index in [4.69, 9.17) is 5.11 Å². The molecule has 1 aromatic carbocycles. The molecule has 1 N–H and O–H groups in total. The zero-order valence-corrected chi connectivity index (χ0v) is 9.58. The van der Waals surface area contributed by atoms with E-state index in [0.717, 1.165) is 6.07 Å². The summed E-state index contributed by atoms with van der Waals surface area (Å²) in [6.07, 6.45) is 0. The Bertz CT molecular complexity index is 342. The first kappa shape index (κ1) is 13.1. The van der Waals surface area contributed by atoms with Crippen LogP contribution in [0.3, 0.4) is 0 Å². The maximum absolute atomic E-state index is 13.4. The Morgan fingerprint density at radius 1 is 1.31 bits per heavy atom. The van der Waals surface area contributed by atoms with Gasteiger partial charge < -0.3 is 5.11 Å². The smallest absolute Gasteiger partial charge is 0.163 e. The van der Waals surface area contributed by atoms with Crippen LogP contribution in [0.1, 0.15) is 19.4 Å². The quantitative estimate of drug-likeness (QED) is 0.836. The van der Waals surface area contributed by atoms with Crippen LogP contribution in [0.2, 0.25) is 0 Å². The third-order valence-electron chi connectivity index (χ3n) is 2.52. The second kappa shape index (κ2) is 5.92. The minimum absolute atomic E-state index is 0.00904. The van der Waals surface area contributed by atoms with E-state index < -0.39 is 11.6 Å². The largest absolute Gasteiger partial charge is 0.395 e. The fraction of sp³-hybridized carbons (Fsp3) is 0.500. The van der Waals surface area contributed by atoms with E-state index in [0.29, 0.717) is 18.7 Å². The number of hydrogen-bond donors (Lipinski definition) is 1. The van der Waals surface area contributed by atoms with E-state index in [-0.39, 0.29) is 12.6 Å². The number of aliphatic hydroxyl groups excluding tert-OH is 1. The maximum atomic E-state index is 13.4. The molecule has 2 nitrogen and oxygen atoms in total. The lowest BCUT2D eigenvalue weighted by atomic mass is 10.1. The molecule has 0 aromatic heterocycles. The molecule has 0 amide bonds. The van der Waals surface area contributed by atoms with Crippen molar-refractivity contribution in [2.24, 2.45) is 0 Å². The first-order valence-electron chi connectivity index (χ1n) is 5.34. The predicted octanol–water partition coefficient (Wildman–Crippen LogP) is 2.17. The van der Waals surface area contributed by atoms with Crippen molar-refractivity contribution in [2.45, 2.75) is 26.4 Å². The van der Waals surface area contributed by atoms with Gasteiger partial charge in [-0.25, -0.2) is 8.78 Å². The van der Waals surface area contributed by atoms with Crippen molar-refractivity contribution < 1.29 is 13.9 Å². The van der Waals surface area contributed by atoms with Gasteiger partial charge in [-0.2, -0.15) is 0 Å². The molecule has 16 heavy (non-hydrogen) atoms. The summed E-state index contributed by atoms with van der Waals surface area (Å²) in [7, 11) is 0. The Morgan fingerprint density at radius 2 is 2.00 bits per heavy atom. The highest BCUT2D eigenvalue weighted by molar-refractivity contribution is 5.18. The lowest BCUT2D eigenvalue weighted by Gasteiger charge is -2.25. The Hall–Kier alpha value is -1.00. The van der Waals surface area contributed by atoms with Gasteiger partial charge in [0.2, 0.25) is 0 Å². The summed E-state index contributed by atoms with van der Waals surface area (Å²) in [4.78, 5) is 1.89. The van der Waals surface area contributed by atoms with E-state index in [9.17, 15) is 8.78 Å². The van der Waals surface area contributed by atoms with Gasteiger partial charge in [0.1, 0.15) is 0 Å². The fourth-order valence-electron chi connectivity index (χ4n) is 1.54. The molecule has 0 fully saturated rings. The van der Waals surface area contributed by atoms with Crippen LogP contribution in [0.15, 0.2) is 18.2 Å². The van der Waals surface area contributed by atoms with Crippen molar-refractivity contribution in [3.05, 3.63) is 35.4 Å². The summed E-state index contributed by atoms with van der Waals surface area (Å²) in [6, 6.07) is 4.33. The lowest BCUT2D eigenvalue weighted by Crippen LogP contribution is -2.33. The van der Waals surface area contributed by atoms with Gasteiger partial charge in [-0.3, -0.25) is 4.90 Å². The van der Waals surface area contributed by atoms with Crippen molar-refractivity contribution >= 4 is 0 Å². The van der Waals surface area contributed by atoms with E-state index in [1.165, 1.54) is 6.07 Å². The molecule has 1 rings (SSSR count). The van der Waals surface area contributed by atoms with Crippen molar-refractivity contribution in [1.29, 1.82) is 0 Å². The highest BCUT2D eigenvalue weighted by Gasteiger charge is 2.14. The molecule has 0 unspecified atom stereocenters. The highest BCUT2D eigenvalue weighted by Crippen LogP contribution is 2.14. The fourth-order valence-corrected chi connectivity index (χ4v) is 1.54. The molecular weight excluding hydrogens is 212 g/mol. The van der Waals surface area contributed by atoms with Gasteiger partial charge >= 0.3 is 0 Å². The van der Waals surface area contributed by atoms with Crippen LogP contribution >= 0.6 is 0 Å². The molecule has 90 valence electrons. The second-order valence-electron chi connectivity index (χ2n) is 4.00. The standard InChI is InChI=1S/C12H17F2NO/c1-9(2)15(6-7-16)8-10-4-3-5-11(13)12(10)14/h3-5,9,16H,6-8H2,1-2H3. The summed E-state index contributed by atoms with van der Waals surface area (Å²) >= 11 is 0. The molecule has 0 aliphatic carbocycles. The van der Waals surface area contributed by atoms with Crippen LogP contribution in [0, 0.1) is 11.6 Å². The average molecular weight is 229 g/mol. The van der Waals surface area contributed by atoms with Crippen LogP contribution in [0.25, 0.3) is 0 Å². The van der Waals surface area contributed by atoms with Crippen molar-refractivity contribution in [3.63, 3.8) is 0 Å². The van der Waals surface area contributed by atoms with Gasteiger partial charge in [0.05, 0.1) is 6.61 Å². The zero-order chi connectivity index (χ0) is 12.1. The van der Waals surface area contributed by atoms with Crippen LogP contribution in [-0.2, 0) is 6.54 Å². The molecule has 4 heteroatoms. The second-order valence-corrected chi connectivity index (χ2v) is 4.00. The van der Waals surface area contributed by atoms with E-state index in [1.807, 2.05) is 18.7 Å². The first-order valence-corrected chi connectivity index (χ1v) is 5.34. The third kappa shape index (κ3) is 3.25. The van der Waals surface area contributed by atoms with Gasteiger partial charge in [-0.15, -0.1) is 0 Å². The van der Waals surface area contributed by atoms with Gasteiger partial charge in [0, 0.05) is 24.7 Å². The molecule has 0 atom stereocenters. The number of halogens is 2. The molecule has 0 saturated carbocycles. The van der Waals surface area contributed by atoms with Gasteiger partial charge in [0.15, 0.2) is 11.6 Å². The monoisotopic (exact) mass is 229 g/mol. The molecule has 0 spiro atoms. The molecule has 0 saturated heterocycles. The van der Waals surface area contributed by atoms with Crippen LogP contribution < -0.4 is 0 Å². The Balaban J connectivity index is 2.81. The summed E-state index contributed by atoms with van der Waals surface area (Å²) < 4.78 is 26.4. The molecule has 0 aliphatic rings.